The molecule has 98 valence electrons. The lowest BCUT2D eigenvalue weighted by molar-refractivity contribution is 0.0955. The maximum absolute atomic E-state index is 11.8. The average Bonchev–Trinajstić information content (AvgIpc) is 2.84. The number of nitrogens with zero attached hydrogens (tertiary/aromatic N) is 1. The van der Waals surface area contributed by atoms with Crippen molar-refractivity contribution >= 4 is 35.1 Å². The predicted octanol–water partition coefficient (Wildman–Crippen LogP) is 3.17. The van der Waals surface area contributed by atoms with E-state index in [0.29, 0.717) is 15.6 Å². The van der Waals surface area contributed by atoms with Crippen LogP contribution in [0.5, 0.6) is 5.75 Å². The molecule has 4 nitrogen and oxygen atoms in total. The molecule has 2 aromatic rings. The Hall–Kier alpha value is -1.85. The van der Waals surface area contributed by atoms with Gasteiger partial charge >= 0.3 is 0 Å². The maximum atomic E-state index is 11.8. The molecule has 6 heteroatoms. The topological polar surface area (TPSA) is 50.7 Å². The molecule has 0 bridgehead atoms. The van der Waals surface area contributed by atoms with Gasteiger partial charge in [-0.25, -0.2) is 5.43 Å². The Balaban J connectivity index is 1.99. The van der Waals surface area contributed by atoms with Crippen molar-refractivity contribution in [3.8, 4) is 5.75 Å². The number of thiophene rings is 1. The third kappa shape index (κ3) is 3.81. The lowest BCUT2D eigenvalue weighted by Gasteiger charge is -2.02. The fraction of sp³-hybridized carbons (Fsp3) is 0.0769. The molecule has 0 atom stereocenters. The lowest BCUT2D eigenvalue weighted by atomic mass is 10.2. The van der Waals surface area contributed by atoms with Crippen molar-refractivity contribution in [1.29, 1.82) is 0 Å². The van der Waals surface area contributed by atoms with Crippen LogP contribution in [0.25, 0.3) is 0 Å². The van der Waals surface area contributed by atoms with Crippen molar-refractivity contribution < 1.29 is 9.53 Å². The Morgan fingerprint density at radius 2 is 2.26 bits per heavy atom. The third-order valence-electron chi connectivity index (χ3n) is 2.28. The van der Waals surface area contributed by atoms with Crippen LogP contribution in [0.4, 0.5) is 0 Å². The van der Waals surface area contributed by atoms with Crippen molar-refractivity contribution in [3.05, 3.63) is 51.2 Å². The molecule has 2 rings (SSSR count). The molecule has 0 saturated carbocycles. The number of hydrogen-bond donors (Lipinski definition) is 1. The van der Waals surface area contributed by atoms with Crippen LogP contribution >= 0.6 is 22.9 Å². The molecule has 1 aromatic carbocycles. The minimum absolute atomic E-state index is 0.294. The molecule has 0 unspecified atom stereocenters. The number of carbonyl (C=O) groups excluding carboxylic acids is 1. The maximum Gasteiger partial charge on any atom is 0.271 e. The highest BCUT2D eigenvalue weighted by Gasteiger charge is 2.04. The zero-order valence-electron chi connectivity index (χ0n) is 10.1. The predicted molar refractivity (Wildman–Crippen MR) is 77.4 cm³/mol. The smallest absolute Gasteiger partial charge is 0.271 e. The average molecular weight is 295 g/mol. The highest BCUT2D eigenvalue weighted by molar-refractivity contribution is 7.17. The van der Waals surface area contributed by atoms with E-state index in [1.807, 2.05) is 6.07 Å². The van der Waals surface area contributed by atoms with Gasteiger partial charge in [-0.1, -0.05) is 17.7 Å². The third-order valence-corrected chi connectivity index (χ3v) is 3.45. The van der Waals surface area contributed by atoms with Gasteiger partial charge in [-0.3, -0.25) is 4.79 Å². The first-order valence-electron chi connectivity index (χ1n) is 5.42. The molecule has 1 aromatic heterocycles. The number of nitrogens with one attached hydrogen (secondary N) is 1. The van der Waals surface area contributed by atoms with Crippen LogP contribution in [-0.4, -0.2) is 19.2 Å². The quantitative estimate of drug-likeness (QED) is 0.695. The second kappa shape index (κ2) is 6.36. The number of hydrazone groups is 1. The van der Waals surface area contributed by atoms with Crippen molar-refractivity contribution in [2.75, 3.05) is 7.11 Å². The van der Waals surface area contributed by atoms with Crippen LogP contribution < -0.4 is 10.2 Å². The number of hydrogen-bond acceptors (Lipinski definition) is 4. The van der Waals surface area contributed by atoms with E-state index in [-0.39, 0.29) is 5.91 Å². The zero-order chi connectivity index (χ0) is 13.7. The number of carbonyl (C=O) groups is 1. The lowest BCUT2D eigenvalue weighted by Crippen LogP contribution is -2.17. The summed E-state index contributed by atoms with van der Waals surface area (Å²) in [6, 6.07) is 10.5. The summed E-state index contributed by atoms with van der Waals surface area (Å²) in [6.07, 6.45) is 1.55. The summed E-state index contributed by atoms with van der Waals surface area (Å²) in [5.74, 6) is 0.333. The largest absolute Gasteiger partial charge is 0.497 e. The molecule has 1 amide bonds. The normalized spacial score (nSPS) is 10.6. The first kappa shape index (κ1) is 13.6. The first-order chi connectivity index (χ1) is 9.19. The van der Waals surface area contributed by atoms with Crippen LogP contribution in [0.15, 0.2) is 41.5 Å². The van der Waals surface area contributed by atoms with E-state index in [2.05, 4.69) is 10.5 Å². The minimum atomic E-state index is -0.294. The Bertz CT molecular complexity index is 610. The molecule has 0 radical (unpaired) electrons. The van der Waals surface area contributed by atoms with E-state index in [0.717, 1.165) is 4.88 Å². The van der Waals surface area contributed by atoms with Crippen LogP contribution in [-0.2, 0) is 0 Å². The summed E-state index contributed by atoms with van der Waals surface area (Å²) in [6.45, 7) is 0. The molecule has 1 heterocycles. The fourth-order valence-corrected chi connectivity index (χ4v) is 2.31. The van der Waals surface area contributed by atoms with Crippen molar-refractivity contribution in [2.45, 2.75) is 0 Å². The van der Waals surface area contributed by atoms with E-state index in [4.69, 9.17) is 16.3 Å². The van der Waals surface area contributed by atoms with E-state index in [1.165, 1.54) is 11.3 Å². The van der Waals surface area contributed by atoms with Gasteiger partial charge in [0, 0.05) is 10.4 Å². The Kier molecular flexibility index (Phi) is 4.54. The second-order valence-corrected chi connectivity index (χ2v) is 5.32. The van der Waals surface area contributed by atoms with Gasteiger partial charge in [-0.2, -0.15) is 5.10 Å². The number of ether oxygens (including phenoxy) is 1. The number of benzene rings is 1. The minimum Gasteiger partial charge on any atom is -0.497 e. The SMILES string of the molecule is COc1cccc(C(=O)NN=Cc2ccc(Cl)s2)c1. The van der Waals surface area contributed by atoms with Gasteiger partial charge in [0.25, 0.3) is 5.91 Å². The monoisotopic (exact) mass is 294 g/mol. The highest BCUT2D eigenvalue weighted by Crippen LogP contribution is 2.19. The second-order valence-electron chi connectivity index (χ2n) is 3.57. The fourth-order valence-electron chi connectivity index (χ4n) is 1.38. The van der Waals surface area contributed by atoms with E-state index in [9.17, 15) is 4.79 Å². The van der Waals surface area contributed by atoms with Crippen LogP contribution in [0.2, 0.25) is 4.34 Å². The molecule has 1 N–H and O–H groups in total. The Labute approximate surface area is 119 Å². The number of rotatable bonds is 4. The summed E-state index contributed by atoms with van der Waals surface area (Å²) in [7, 11) is 1.55. The van der Waals surface area contributed by atoms with Crippen LogP contribution in [0.1, 0.15) is 15.2 Å². The van der Waals surface area contributed by atoms with E-state index >= 15 is 0 Å². The van der Waals surface area contributed by atoms with Gasteiger partial charge in [-0.15, -0.1) is 11.3 Å². The van der Waals surface area contributed by atoms with Gasteiger partial charge in [0.1, 0.15) is 5.75 Å². The summed E-state index contributed by atoms with van der Waals surface area (Å²) >= 11 is 7.17. The highest BCUT2D eigenvalue weighted by atomic mass is 35.5. The molecule has 0 aliphatic rings. The number of amides is 1. The molecule has 0 aliphatic heterocycles. The number of halogens is 1. The van der Waals surface area contributed by atoms with Crippen molar-refractivity contribution in [1.82, 2.24) is 5.43 Å². The van der Waals surface area contributed by atoms with Crippen LogP contribution in [0, 0.1) is 0 Å². The van der Waals surface area contributed by atoms with Crippen molar-refractivity contribution in [2.24, 2.45) is 5.10 Å². The van der Waals surface area contributed by atoms with E-state index < -0.39 is 0 Å². The molecule has 19 heavy (non-hydrogen) atoms. The molecule has 0 fully saturated rings. The Morgan fingerprint density at radius 3 is 2.95 bits per heavy atom. The van der Waals surface area contributed by atoms with Gasteiger partial charge in [0.2, 0.25) is 0 Å². The van der Waals surface area contributed by atoms with Crippen molar-refractivity contribution in [3.63, 3.8) is 0 Å². The summed E-state index contributed by atoms with van der Waals surface area (Å²) < 4.78 is 5.73. The molecular weight excluding hydrogens is 284 g/mol. The molecule has 0 aliphatic carbocycles. The van der Waals surface area contributed by atoms with Gasteiger partial charge in [-0.05, 0) is 30.3 Å². The molecular formula is C13H11ClN2O2S. The van der Waals surface area contributed by atoms with Gasteiger partial charge < -0.3 is 4.74 Å². The first-order valence-corrected chi connectivity index (χ1v) is 6.61. The summed E-state index contributed by atoms with van der Waals surface area (Å²) in [5, 5.41) is 3.87. The molecule has 0 spiro atoms. The van der Waals surface area contributed by atoms with E-state index in [1.54, 1.807) is 43.7 Å². The van der Waals surface area contributed by atoms with Crippen LogP contribution in [0.3, 0.4) is 0 Å². The Morgan fingerprint density at radius 1 is 1.42 bits per heavy atom. The zero-order valence-corrected chi connectivity index (χ0v) is 11.7. The summed E-state index contributed by atoms with van der Waals surface area (Å²) in [4.78, 5) is 12.7. The summed E-state index contributed by atoms with van der Waals surface area (Å²) in [5.41, 5.74) is 2.93. The standard InChI is InChI=1S/C13H11ClN2O2S/c1-18-10-4-2-3-9(7-10)13(17)16-15-8-11-5-6-12(14)19-11/h2-8H,1H3,(H,16,17). The molecule has 0 saturated heterocycles. The van der Waals surface area contributed by atoms with Gasteiger partial charge in [0.05, 0.1) is 17.7 Å². The van der Waals surface area contributed by atoms with Gasteiger partial charge in [0.15, 0.2) is 0 Å². The number of methoxy groups -OCH3 is 1.